The molecule has 0 spiro atoms. The molecule has 2 aromatic heterocycles. The number of rotatable bonds is 7. The number of hydrogen-bond acceptors (Lipinski definition) is 5. The lowest BCUT2D eigenvalue weighted by molar-refractivity contribution is 0.0525. The highest BCUT2D eigenvalue weighted by Gasteiger charge is 2.46. The van der Waals surface area contributed by atoms with Gasteiger partial charge in [-0.2, -0.15) is 5.10 Å². The maximum Gasteiger partial charge on any atom is 0.341 e. The fraction of sp³-hybridized carbons (Fsp3) is 0.280. The monoisotopic (exact) mass is 461 g/mol. The lowest BCUT2D eigenvalue weighted by Gasteiger charge is -2.11. The third kappa shape index (κ3) is 4.16. The summed E-state index contributed by atoms with van der Waals surface area (Å²) in [6.07, 6.45) is 4.42. The van der Waals surface area contributed by atoms with E-state index in [1.807, 2.05) is 42.2 Å². The first kappa shape index (κ1) is 21.4. The van der Waals surface area contributed by atoms with Crippen LogP contribution in [0.25, 0.3) is 16.8 Å². The molecule has 2 atom stereocenters. The van der Waals surface area contributed by atoms with Crippen LogP contribution in [0.1, 0.15) is 52.5 Å². The standard InChI is InChI=1S/C25H24ClN5O2/c1-3-33-25(32)22-14-27-31(24(22)21-12-20(21)23-15-30(2)29-28-23)19-9-5-8-18(11-19)17-7-4-6-16(10-17)13-26/h4-11,14-15,20-21H,3,12-13H2,1-2H3. The van der Waals surface area contributed by atoms with Crippen molar-refractivity contribution in [1.29, 1.82) is 0 Å². The number of halogens is 1. The summed E-state index contributed by atoms with van der Waals surface area (Å²) in [4.78, 5) is 12.7. The number of aromatic nitrogens is 5. The topological polar surface area (TPSA) is 74.8 Å². The molecule has 8 heteroatoms. The maximum absolute atomic E-state index is 12.7. The minimum Gasteiger partial charge on any atom is -0.462 e. The summed E-state index contributed by atoms with van der Waals surface area (Å²) in [5.74, 6) is 0.429. The van der Waals surface area contributed by atoms with Crippen molar-refractivity contribution in [3.05, 3.63) is 83.4 Å². The number of nitrogens with zero attached hydrogens (tertiary/aromatic N) is 5. The van der Waals surface area contributed by atoms with E-state index in [0.29, 0.717) is 18.1 Å². The summed E-state index contributed by atoms with van der Waals surface area (Å²) in [5, 5.41) is 12.9. The van der Waals surface area contributed by atoms with Gasteiger partial charge in [-0.05, 0) is 48.2 Å². The number of carbonyl (C=O) groups excluding carboxylic acids is 1. The van der Waals surface area contributed by atoms with Crippen molar-refractivity contribution < 1.29 is 9.53 Å². The Morgan fingerprint density at radius 3 is 2.67 bits per heavy atom. The lowest BCUT2D eigenvalue weighted by atomic mass is 10.0. The van der Waals surface area contributed by atoms with Crippen LogP contribution in [0.4, 0.5) is 0 Å². The highest BCUT2D eigenvalue weighted by atomic mass is 35.5. The van der Waals surface area contributed by atoms with E-state index in [2.05, 4.69) is 39.7 Å². The molecule has 33 heavy (non-hydrogen) atoms. The Hall–Kier alpha value is -3.45. The zero-order valence-electron chi connectivity index (χ0n) is 18.5. The smallest absolute Gasteiger partial charge is 0.341 e. The molecule has 1 saturated carbocycles. The maximum atomic E-state index is 12.7. The molecule has 7 nitrogen and oxygen atoms in total. The summed E-state index contributed by atoms with van der Waals surface area (Å²) < 4.78 is 8.89. The van der Waals surface area contributed by atoms with E-state index in [0.717, 1.165) is 40.2 Å². The van der Waals surface area contributed by atoms with E-state index < -0.39 is 0 Å². The Morgan fingerprint density at radius 2 is 1.94 bits per heavy atom. The molecule has 0 bridgehead atoms. The Kier molecular flexibility index (Phi) is 5.72. The fourth-order valence-corrected chi connectivity index (χ4v) is 4.46. The highest BCUT2D eigenvalue weighted by Crippen LogP contribution is 2.55. The molecule has 0 saturated heterocycles. The van der Waals surface area contributed by atoms with Crippen LogP contribution >= 0.6 is 11.6 Å². The Morgan fingerprint density at radius 1 is 1.15 bits per heavy atom. The highest BCUT2D eigenvalue weighted by molar-refractivity contribution is 6.17. The van der Waals surface area contributed by atoms with Gasteiger partial charge >= 0.3 is 5.97 Å². The molecule has 2 heterocycles. The van der Waals surface area contributed by atoms with E-state index in [1.165, 1.54) is 0 Å². The quantitative estimate of drug-likeness (QED) is 0.290. The number of esters is 1. The van der Waals surface area contributed by atoms with Crippen molar-refractivity contribution in [2.24, 2.45) is 7.05 Å². The molecule has 0 amide bonds. The third-order valence-corrected chi connectivity index (χ3v) is 6.26. The van der Waals surface area contributed by atoms with Crippen LogP contribution in [0.2, 0.25) is 0 Å². The number of ether oxygens (including phenoxy) is 1. The van der Waals surface area contributed by atoms with Gasteiger partial charge in [-0.3, -0.25) is 4.68 Å². The van der Waals surface area contributed by atoms with Gasteiger partial charge in [0.05, 0.1) is 29.9 Å². The minimum atomic E-state index is -0.352. The van der Waals surface area contributed by atoms with Crippen LogP contribution in [0.5, 0.6) is 0 Å². The Bertz CT molecular complexity index is 1310. The first-order valence-electron chi connectivity index (χ1n) is 11.0. The largest absolute Gasteiger partial charge is 0.462 e. The average molecular weight is 462 g/mol. The SMILES string of the molecule is CCOC(=O)c1cnn(-c2cccc(-c3cccc(CCl)c3)c2)c1C1CC1c1cn(C)nn1. The number of carbonyl (C=O) groups is 1. The van der Waals surface area contributed by atoms with E-state index >= 15 is 0 Å². The van der Waals surface area contributed by atoms with Crippen LogP contribution in [-0.2, 0) is 17.7 Å². The summed E-state index contributed by atoms with van der Waals surface area (Å²) in [5.41, 5.74) is 6.38. The molecule has 0 N–H and O–H groups in total. The third-order valence-electron chi connectivity index (χ3n) is 5.95. The second kappa shape index (κ2) is 8.83. The van der Waals surface area contributed by atoms with E-state index in [1.54, 1.807) is 17.8 Å². The van der Waals surface area contributed by atoms with Crippen LogP contribution in [0.3, 0.4) is 0 Å². The zero-order chi connectivity index (χ0) is 22.9. The summed E-state index contributed by atoms with van der Waals surface area (Å²) in [6.45, 7) is 2.12. The number of hydrogen-bond donors (Lipinski definition) is 0. The van der Waals surface area contributed by atoms with Gasteiger partial charge in [-0.25, -0.2) is 9.48 Å². The van der Waals surface area contributed by atoms with Crippen molar-refractivity contribution in [2.75, 3.05) is 6.61 Å². The van der Waals surface area contributed by atoms with Crippen LogP contribution in [-0.4, -0.2) is 37.4 Å². The predicted molar refractivity (Wildman–Crippen MR) is 126 cm³/mol. The molecule has 2 aromatic carbocycles. The summed E-state index contributed by atoms with van der Waals surface area (Å²) in [7, 11) is 1.85. The molecule has 2 unspecified atom stereocenters. The van der Waals surface area contributed by atoms with Crippen molar-refractivity contribution in [1.82, 2.24) is 24.8 Å². The molecule has 168 valence electrons. The van der Waals surface area contributed by atoms with Gasteiger partial charge in [0.1, 0.15) is 5.56 Å². The molecule has 5 rings (SSSR count). The minimum absolute atomic E-state index is 0.117. The summed E-state index contributed by atoms with van der Waals surface area (Å²) >= 11 is 6.03. The van der Waals surface area contributed by atoms with Crippen LogP contribution in [0, 0.1) is 0 Å². The van der Waals surface area contributed by atoms with Gasteiger partial charge in [-0.15, -0.1) is 16.7 Å². The van der Waals surface area contributed by atoms with Gasteiger partial charge < -0.3 is 4.74 Å². The van der Waals surface area contributed by atoms with E-state index in [9.17, 15) is 4.79 Å². The molecule has 4 aromatic rings. The molecule has 0 aliphatic heterocycles. The number of aryl methyl sites for hydroxylation is 1. The van der Waals surface area contributed by atoms with Crippen molar-refractivity contribution in [2.45, 2.75) is 31.1 Å². The van der Waals surface area contributed by atoms with Gasteiger partial charge in [0.25, 0.3) is 0 Å². The molecule has 1 aliphatic rings. The van der Waals surface area contributed by atoms with Crippen molar-refractivity contribution in [3.8, 4) is 16.8 Å². The van der Waals surface area contributed by atoms with Gasteiger partial charge in [-0.1, -0.05) is 35.5 Å². The first-order valence-corrected chi connectivity index (χ1v) is 11.5. The van der Waals surface area contributed by atoms with Crippen LogP contribution < -0.4 is 0 Å². The Labute approximate surface area is 196 Å². The average Bonchev–Trinajstić information content (AvgIpc) is 3.29. The van der Waals surface area contributed by atoms with E-state index in [-0.39, 0.29) is 17.8 Å². The molecule has 0 radical (unpaired) electrons. The second-order valence-corrected chi connectivity index (χ2v) is 8.49. The number of alkyl halides is 1. The molecule has 1 aliphatic carbocycles. The number of benzene rings is 2. The van der Waals surface area contributed by atoms with Gasteiger partial charge in [0.2, 0.25) is 0 Å². The molecular weight excluding hydrogens is 438 g/mol. The van der Waals surface area contributed by atoms with Gasteiger partial charge in [0.15, 0.2) is 0 Å². The van der Waals surface area contributed by atoms with Crippen molar-refractivity contribution in [3.63, 3.8) is 0 Å². The zero-order valence-corrected chi connectivity index (χ0v) is 19.2. The van der Waals surface area contributed by atoms with Crippen molar-refractivity contribution >= 4 is 17.6 Å². The first-order chi connectivity index (χ1) is 16.1. The lowest BCUT2D eigenvalue weighted by Crippen LogP contribution is -2.09. The second-order valence-electron chi connectivity index (χ2n) is 8.23. The van der Waals surface area contributed by atoms with E-state index in [4.69, 9.17) is 16.3 Å². The molecule has 1 fully saturated rings. The Balaban J connectivity index is 1.55. The predicted octanol–water partition coefficient (Wildman–Crippen LogP) is 4.85. The normalized spacial score (nSPS) is 17.2. The van der Waals surface area contributed by atoms with Gasteiger partial charge in [0, 0.05) is 31.0 Å². The molecular formula is C25H24ClN5O2. The summed E-state index contributed by atoms with van der Waals surface area (Å²) in [6, 6.07) is 16.3. The fourth-order valence-electron chi connectivity index (χ4n) is 4.30. The van der Waals surface area contributed by atoms with Crippen LogP contribution in [0.15, 0.2) is 60.9 Å².